The van der Waals surface area contributed by atoms with Crippen LogP contribution in [-0.4, -0.2) is 32.2 Å². The van der Waals surface area contributed by atoms with E-state index in [0.717, 1.165) is 18.4 Å². The minimum absolute atomic E-state index is 0.229. The standard InChI is InChI=1S/C16H21NO5/c1-11(17-22-16(18)20-3)12-8-9-14(19-2)15(10-12)21-13-6-4-5-7-13/h8-10,13H,4-7H2,1-3H3. The van der Waals surface area contributed by atoms with Gasteiger partial charge >= 0.3 is 6.16 Å². The zero-order valence-electron chi connectivity index (χ0n) is 13.1. The summed E-state index contributed by atoms with van der Waals surface area (Å²) in [4.78, 5) is 15.5. The number of nitrogens with zero attached hydrogens (tertiary/aromatic N) is 1. The van der Waals surface area contributed by atoms with Crippen LogP contribution in [0.2, 0.25) is 0 Å². The molecule has 1 aliphatic rings. The van der Waals surface area contributed by atoms with Crippen LogP contribution in [0.3, 0.4) is 0 Å². The molecule has 0 saturated heterocycles. The Balaban J connectivity index is 2.16. The van der Waals surface area contributed by atoms with Crippen molar-refractivity contribution in [3.05, 3.63) is 23.8 Å². The second-order valence-corrected chi connectivity index (χ2v) is 5.11. The Kier molecular flexibility index (Phi) is 5.63. The van der Waals surface area contributed by atoms with Gasteiger partial charge in [-0.2, -0.15) is 0 Å². The van der Waals surface area contributed by atoms with Gasteiger partial charge in [-0.3, -0.25) is 4.84 Å². The van der Waals surface area contributed by atoms with E-state index in [4.69, 9.17) is 9.47 Å². The molecule has 0 bridgehead atoms. The Bertz CT molecular complexity index is 549. The average Bonchev–Trinajstić information content (AvgIpc) is 3.05. The highest BCUT2D eigenvalue weighted by atomic mass is 16.8. The SMILES string of the molecule is COC(=O)ON=C(C)c1ccc(OC)c(OC2CCCC2)c1. The van der Waals surface area contributed by atoms with Crippen LogP contribution >= 0.6 is 0 Å². The van der Waals surface area contributed by atoms with Crippen LogP contribution in [-0.2, 0) is 9.57 Å². The van der Waals surface area contributed by atoms with Crippen molar-refractivity contribution in [3.8, 4) is 11.5 Å². The van der Waals surface area contributed by atoms with E-state index in [0.29, 0.717) is 17.2 Å². The predicted octanol–water partition coefficient (Wildman–Crippen LogP) is 3.52. The first-order valence-electron chi connectivity index (χ1n) is 7.28. The lowest BCUT2D eigenvalue weighted by molar-refractivity contribution is 0.0753. The Labute approximate surface area is 130 Å². The quantitative estimate of drug-likeness (QED) is 0.360. The monoisotopic (exact) mass is 307 g/mol. The van der Waals surface area contributed by atoms with Gasteiger partial charge in [0.05, 0.1) is 26.0 Å². The second kappa shape index (κ2) is 7.68. The number of carbonyl (C=O) groups excluding carboxylic acids is 1. The van der Waals surface area contributed by atoms with E-state index in [1.165, 1.54) is 20.0 Å². The summed E-state index contributed by atoms with van der Waals surface area (Å²) in [6.07, 6.45) is 3.89. The lowest BCUT2D eigenvalue weighted by Crippen LogP contribution is -2.12. The third-order valence-corrected chi connectivity index (χ3v) is 3.60. The van der Waals surface area contributed by atoms with E-state index in [-0.39, 0.29) is 6.10 Å². The van der Waals surface area contributed by atoms with E-state index >= 15 is 0 Å². The summed E-state index contributed by atoms with van der Waals surface area (Å²) in [7, 11) is 2.84. The molecule has 0 heterocycles. The summed E-state index contributed by atoms with van der Waals surface area (Å²) >= 11 is 0. The summed E-state index contributed by atoms with van der Waals surface area (Å²) in [6, 6.07) is 5.49. The van der Waals surface area contributed by atoms with Crippen LogP contribution in [0.4, 0.5) is 4.79 Å². The first kappa shape index (κ1) is 16.1. The molecule has 2 rings (SSSR count). The lowest BCUT2D eigenvalue weighted by Gasteiger charge is -2.16. The van der Waals surface area contributed by atoms with Gasteiger partial charge in [-0.05, 0) is 50.8 Å². The fourth-order valence-electron chi connectivity index (χ4n) is 2.38. The highest BCUT2D eigenvalue weighted by molar-refractivity contribution is 5.99. The molecule has 1 aromatic rings. The molecule has 0 atom stereocenters. The summed E-state index contributed by atoms with van der Waals surface area (Å²) in [5.41, 5.74) is 1.34. The van der Waals surface area contributed by atoms with Gasteiger partial charge in [-0.1, -0.05) is 5.16 Å². The smallest absolute Gasteiger partial charge is 0.493 e. The number of hydrogen-bond donors (Lipinski definition) is 0. The maximum atomic E-state index is 10.9. The van der Waals surface area contributed by atoms with Crippen LogP contribution in [0.1, 0.15) is 38.2 Å². The molecule has 0 spiro atoms. The molecule has 0 aliphatic heterocycles. The largest absolute Gasteiger partial charge is 0.534 e. The van der Waals surface area contributed by atoms with Crippen molar-refractivity contribution in [2.75, 3.05) is 14.2 Å². The van der Waals surface area contributed by atoms with Crippen molar-refractivity contribution >= 4 is 11.9 Å². The number of oxime groups is 1. The Morgan fingerprint density at radius 3 is 2.55 bits per heavy atom. The molecular weight excluding hydrogens is 286 g/mol. The molecule has 0 N–H and O–H groups in total. The fraction of sp³-hybridized carbons (Fsp3) is 0.500. The number of hydrogen-bond acceptors (Lipinski definition) is 6. The molecule has 0 radical (unpaired) electrons. The minimum atomic E-state index is -0.852. The predicted molar refractivity (Wildman–Crippen MR) is 81.6 cm³/mol. The number of ether oxygens (including phenoxy) is 3. The van der Waals surface area contributed by atoms with Gasteiger partial charge in [0, 0.05) is 5.56 Å². The van der Waals surface area contributed by atoms with Crippen molar-refractivity contribution in [1.82, 2.24) is 0 Å². The normalized spacial score (nSPS) is 15.5. The molecular formula is C16H21NO5. The van der Waals surface area contributed by atoms with Gasteiger partial charge in [0.2, 0.25) is 0 Å². The molecule has 120 valence electrons. The third-order valence-electron chi connectivity index (χ3n) is 3.60. The Morgan fingerprint density at radius 2 is 1.91 bits per heavy atom. The average molecular weight is 307 g/mol. The summed E-state index contributed by atoms with van der Waals surface area (Å²) in [6.45, 7) is 1.74. The molecule has 6 nitrogen and oxygen atoms in total. The van der Waals surface area contributed by atoms with Crippen LogP contribution < -0.4 is 9.47 Å². The Morgan fingerprint density at radius 1 is 1.18 bits per heavy atom. The number of rotatable bonds is 5. The van der Waals surface area contributed by atoms with Crippen molar-refractivity contribution in [2.45, 2.75) is 38.7 Å². The number of carbonyl (C=O) groups is 1. The first-order valence-corrected chi connectivity index (χ1v) is 7.28. The van der Waals surface area contributed by atoms with Crippen LogP contribution in [0.15, 0.2) is 23.4 Å². The van der Waals surface area contributed by atoms with Gasteiger partial charge in [-0.15, -0.1) is 0 Å². The maximum absolute atomic E-state index is 10.9. The molecule has 1 aromatic carbocycles. The van der Waals surface area contributed by atoms with Gasteiger partial charge in [0.15, 0.2) is 11.5 Å². The van der Waals surface area contributed by atoms with Crippen molar-refractivity contribution in [3.63, 3.8) is 0 Å². The molecule has 22 heavy (non-hydrogen) atoms. The molecule has 0 amide bonds. The topological polar surface area (TPSA) is 66.4 Å². The molecule has 0 aromatic heterocycles. The Hall–Kier alpha value is -2.24. The number of methoxy groups -OCH3 is 2. The summed E-state index contributed by atoms with van der Waals surface area (Å²) < 4.78 is 15.7. The molecule has 0 unspecified atom stereocenters. The van der Waals surface area contributed by atoms with Crippen LogP contribution in [0.25, 0.3) is 0 Å². The lowest BCUT2D eigenvalue weighted by atomic mass is 10.1. The van der Waals surface area contributed by atoms with Gasteiger partial charge in [-0.25, -0.2) is 4.79 Å². The highest BCUT2D eigenvalue weighted by Crippen LogP contribution is 2.32. The van der Waals surface area contributed by atoms with Gasteiger partial charge in [0.25, 0.3) is 0 Å². The second-order valence-electron chi connectivity index (χ2n) is 5.11. The van der Waals surface area contributed by atoms with Crippen LogP contribution in [0.5, 0.6) is 11.5 Å². The van der Waals surface area contributed by atoms with E-state index in [2.05, 4.69) is 14.7 Å². The van der Waals surface area contributed by atoms with Crippen LogP contribution in [0, 0.1) is 0 Å². The molecule has 1 saturated carbocycles. The highest BCUT2D eigenvalue weighted by Gasteiger charge is 2.19. The number of benzene rings is 1. The summed E-state index contributed by atoms with van der Waals surface area (Å²) in [5, 5.41) is 3.74. The molecule has 1 aliphatic carbocycles. The third kappa shape index (κ3) is 4.13. The van der Waals surface area contributed by atoms with Crippen molar-refractivity contribution in [2.24, 2.45) is 5.16 Å². The molecule has 6 heteroatoms. The molecule has 1 fully saturated rings. The maximum Gasteiger partial charge on any atom is 0.534 e. The van der Waals surface area contributed by atoms with E-state index in [1.807, 2.05) is 18.2 Å². The van der Waals surface area contributed by atoms with Crippen molar-refractivity contribution in [1.29, 1.82) is 0 Å². The minimum Gasteiger partial charge on any atom is -0.493 e. The van der Waals surface area contributed by atoms with E-state index < -0.39 is 6.16 Å². The van der Waals surface area contributed by atoms with Gasteiger partial charge < -0.3 is 14.2 Å². The first-order chi connectivity index (χ1) is 10.6. The fourth-order valence-corrected chi connectivity index (χ4v) is 2.38. The van der Waals surface area contributed by atoms with Gasteiger partial charge in [0.1, 0.15) is 0 Å². The van der Waals surface area contributed by atoms with E-state index in [9.17, 15) is 4.79 Å². The van der Waals surface area contributed by atoms with E-state index in [1.54, 1.807) is 14.0 Å². The summed E-state index contributed by atoms with van der Waals surface area (Å²) in [5.74, 6) is 1.36. The van der Waals surface area contributed by atoms with Crippen molar-refractivity contribution < 1.29 is 23.8 Å². The zero-order valence-corrected chi connectivity index (χ0v) is 13.1. The zero-order chi connectivity index (χ0) is 15.9.